The maximum Gasteiger partial charge on any atom is 0.338 e. The fourth-order valence-electron chi connectivity index (χ4n) is 3.68. The van der Waals surface area contributed by atoms with Crippen LogP contribution in [0.4, 0.5) is 21.0 Å². The number of allylic oxidation sites excluding steroid dienone is 1. The normalized spacial score (nSPS) is 15.6. The van der Waals surface area contributed by atoms with Gasteiger partial charge in [-0.1, -0.05) is 48.3 Å². The van der Waals surface area contributed by atoms with E-state index in [0.29, 0.717) is 39.8 Å². The Labute approximate surface area is 208 Å². The van der Waals surface area contributed by atoms with Crippen LogP contribution in [0.25, 0.3) is 0 Å². The van der Waals surface area contributed by atoms with Crippen LogP contribution in [0, 0.1) is 0 Å². The standard InChI is InChI=1S/C24H26Cl2N4O4/c1-4-12-30-14(3)19(22(31)34-5-2)21(29-24(30)33)15-8-6-9-16(13-15)27-23(32)28-18-11-7-10-17(25)20(18)26/h6-11,13,21H,4-5,12H2,1-3H3,(H,29,33)(H2,27,28,32). The quantitative estimate of drug-likeness (QED) is 0.405. The van der Waals surface area contributed by atoms with Crippen LogP contribution in [-0.4, -0.2) is 36.1 Å². The average molecular weight is 505 g/mol. The first-order valence-corrected chi connectivity index (χ1v) is 11.6. The van der Waals surface area contributed by atoms with E-state index in [4.69, 9.17) is 27.9 Å². The summed E-state index contributed by atoms with van der Waals surface area (Å²) in [5.74, 6) is -0.502. The SMILES string of the molecule is CCCN1C(=O)NC(c2cccc(NC(=O)Nc3cccc(Cl)c3Cl)c2)C(C(=O)OCC)=C1C. The molecule has 1 heterocycles. The van der Waals surface area contributed by atoms with Crippen molar-refractivity contribution in [3.63, 3.8) is 0 Å². The Morgan fingerprint density at radius 2 is 1.85 bits per heavy atom. The van der Waals surface area contributed by atoms with Crippen LogP contribution >= 0.6 is 23.2 Å². The Bertz CT molecular complexity index is 1140. The van der Waals surface area contributed by atoms with Crippen LogP contribution in [0.3, 0.4) is 0 Å². The summed E-state index contributed by atoms with van der Waals surface area (Å²) in [5.41, 5.74) is 2.33. The van der Waals surface area contributed by atoms with Gasteiger partial charge in [0.05, 0.1) is 34.0 Å². The zero-order valence-corrected chi connectivity index (χ0v) is 20.6. The number of ether oxygens (including phenoxy) is 1. The van der Waals surface area contributed by atoms with E-state index in [-0.39, 0.29) is 17.7 Å². The number of hydrogen-bond acceptors (Lipinski definition) is 4. The van der Waals surface area contributed by atoms with Crippen molar-refractivity contribution < 1.29 is 19.1 Å². The third-order valence-corrected chi connectivity index (χ3v) is 6.04. The number of benzene rings is 2. The van der Waals surface area contributed by atoms with Crippen LogP contribution in [-0.2, 0) is 9.53 Å². The second kappa shape index (κ2) is 11.3. The number of urea groups is 2. The summed E-state index contributed by atoms with van der Waals surface area (Å²) in [5, 5.41) is 8.82. The first-order chi connectivity index (χ1) is 16.3. The average Bonchev–Trinajstić information content (AvgIpc) is 2.79. The zero-order chi connectivity index (χ0) is 24.8. The molecule has 0 spiro atoms. The van der Waals surface area contributed by atoms with Crippen molar-refractivity contribution in [1.82, 2.24) is 10.2 Å². The van der Waals surface area contributed by atoms with Gasteiger partial charge in [-0.05, 0) is 50.1 Å². The molecule has 0 radical (unpaired) electrons. The van der Waals surface area contributed by atoms with Crippen molar-refractivity contribution in [1.29, 1.82) is 0 Å². The molecule has 0 saturated carbocycles. The van der Waals surface area contributed by atoms with E-state index in [1.807, 2.05) is 6.92 Å². The Hall–Kier alpha value is -3.23. The number of anilines is 2. The molecule has 1 aliphatic heterocycles. The predicted molar refractivity (Wildman–Crippen MR) is 133 cm³/mol. The number of nitrogens with one attached hydrogen (secondary N) is 3. The van der Waals surface area contributed by atoms with E-state index in [0.717, 1.165) is 6.42 Å². The molecule has 8 nitrogen and oxygen atoms in total. The maximum absolute atomic E-state index is 12.8. The van der Waals surface area contributed by atoms with Gasteiger partial charge in [0.15, 0.2) is 0 Å². The molecule has 1 unspecified atom stereocenters. The first kappa shape index (κ1) is 25.4. The Kier molecular flexibility index (Phi) is 8.41. The third-order valence-electron chi connectivity index (χ3n) is 5.22. The fourth-order valence-corrected chi connectivity index (χ4v) is 4.03. The topological polar surface area (TPSA) is 99.8 Å². The second-order valence-corrected chi connectivity index (χ2v) is 8.34. The molecule has 0 aliphatic carbocycles. The minimum absolute atomic E-state index is 0.206. The fraction of sp³-hybridized carbons (Fsp3) is 0.292. The van der Waals surface area contributed by atoms with Gasteiger partial charge in [0.2, 0.25) is 0 Å². The number of carbonyl (C=O) groups excluding carboxylic acids is 3. The number of halogens is 2. The number of esters is 1. The summed E-state index contributed by atoms with van der Waals surface area (Å²) in [4.78, 5) is 39.6. The molecule has 2 aromatic carbocycles. The molecule has 0 fully saturated rings. The molecule has 0 saturated heterocycles. The lowest BCUT2D eigenvalue weighted by Crippen LogP contribution is -2.48. The van der Waals surface area contributed by atoms with Crippen LogP contribution in [0.1, 0.15) is 38.8 Å². The van der Waals surface area contributed by atoms with Gasteiger partial charge in [0.25, 0.3) is 0 Å². The van der Waals surface area contributed by atoms with Crippen molar-refractivity contribution in [2.45, 2.75) is 33.2 Å². The number of hydrogen-bond donors (Lipinski definition) is 3. The Morgan fingerprint density at radius 1 is 1.12 bits per heavy atom. The predicted octanol–water partition coefficient (Wildman–Crippen LogP) is 5.95. The minimum Gasteiger partial charge on any atom is -0.463 e. The summed E-state index contributed by atoms with van der Waals surface area (Å²) in [7, 11) is 0. The summed E-state index contributed by atoms with van der Waals surface area (Å²) in [6.45, 7) is 6.09. The molecule has 0 aromatic heterocycles. The summed E-state index contributed by atoms with van der Waals surface area (Å²) in [6.07, 6.45) is 0.733. The highest BCUT2D eigenvalue weighted by molar-refractivity contribution is 6.44. The van der Waals surface area contributed by atoms with Gasteiger partial charge >= 0.3 is 18.0 Å². The lowest BCUT2D eigenvalue weighted by molar-refractivity contribution is -0.139. The summed E-state index contributed by atoms with van der Waals surface area (Å²) >= 11 is 12.1. The lowest BCUT2D eigenvalue weighted by atomic mass is 9.94. The Balaban J connectivity index is 1.87. The number of carbonyl (C=O) groups is 3. The monoisotopic (exact) mass is 504 g/mol. The smallest absolute Gasteiger partial charge is 0.338 e. The highest BCUT2D eigenvalue weighted by Gasteiger charge is 2.36. The highest BCUT2D eigenvalue weighted by atomic mass is 35.5. The van der Waals surface area contributed by atoms with E-state index < -0.39 is 18.0 Å². The van der Waals surface area contributed by atoms with Gasteiger partial charge in [-0.3, -0.25) is 4.90 Å². The van der Waals surface area contributed by atoms with Crippen LogP contribution in [0.2, 0.25) is 10.0 Å². The van der Waals surface area contributed by atoms with E-state index in [2.05, 4.69) is 16.0 Å². The van der Waals surface area contributed by atoms with E-state index in [1.54, 1.807) is 56.3 Å². The third kappa shape index (κ3) is 5.63. The van der Waals surface area contributed by atoms with Crippen molar-refractivity contribution in [3.05, 3.63) is 69.3 Å². The molecule has 1 aliphatic rings. The Morgan fingerprint density at radius 3 is 2.56 bits per heavy atom. The highest BCUT2D eigenvalue weighted by Crippen LogP contribution is 2.33. The summed E-state index contributed by atoms with van der Waals surface area (Å²) in [6, 6.07) is 10.2. The second-order valence-electron chi connectivity index (χ2n) is 7.56. The molecule has 2 aromatic rings. The molecular formula is C24H26Cl2N4O4. The van der Waals surface area contributed by atoms with E-state index >= 15 is 0 Å². The molecule has 3 N–H and O–H groups in total. The van der Waals surface area contributed by atoms with Crippen molar-refractivity contribution in [2.24, 2.45) is 0 Å². The van der Waals surface area contributed by atoms with Gasteiger partial charge in [0, 0.05) is 17.9 Å². The van der Waals surface area contributed by atoms with E-state index in [1.165, 1.54) is 4.90 Å². The number of rotatable bonds is 7. The molecule has 3 rings (SSSR count). The first-order valence-electron chi connectivity index (χ1n) is 10.8. The van der Waals surface area contributed by atoms with E-state index in [9.17, 15) is 14.4 Å². The molecule has 4 amide bonds. The van der Waals surface area contributed by atoms with Crippen molar-refractivity contribution in [2.75, 3.05) is 23.8 Å². The van der Waals surface area contributed by atoms with Gasteiger partial charge in [-0.2, -0.15) is 0 Å². The molecule has 34 heavy (non-hydrogen) atoms. The molecular weight excluding hydrogens is 479 g/mol. The van der Waals surface area contributed by atoms with Gasteiger partial charge in [0.1, 0.15) is 0 Å². The maximum atomic E-state index is 12.8. The van der Waals surface area contributed by atoms with Crippen LogP contribution in [0.15, 0.2) is 53.7 Å². The zero-order valence-electron chi connectivity index (χ0n) is 19.1. The van der Waals surface area contributed by atoms with Gasteiger partial charge in [-0.25, -0.2) is 14.4 Å². The van der Waals surface area contributed by atoms with Crippen molar-refractivity contribution >= 4 is 52.6 Å². The van der Waals surface area contributed by atoms with Crippen LogP contribution in [0.5, 0.6) is 0 Å². The minimum atomic E-state index is -0.730. The molecule has 10 heteroatoms. The number of nitrogens with zero attached hydrogens (tertiary/aromatic N) is 1. The van der Waals surface area contributed by atoms with Crippen molar-refractivity contribution in [3.8, 4) is 0 Å². The molecule has 0 bridgehead atoms. The largest absolute Gasteiger partial charge is 0.463 e. The molecule has 1 atom stereocenters. The lowest BCUT2D eigenvalue weighted by Gasteiger charge is -2.35. The molecule has 180 valence electrons. The number of amides is 4. The van der Waals surface area contributed by atoms with Crippen LogP contribution < -0.4 is 16.0 Å². The van der Waals surface area contributed by atoms with Gasteiger partial charge in [-0.15, -0.1) is 0 Å². The van der Waals surface area contributed by atoms with Gasteiger partial charge < -0.3 is 20.7 Å². The summed E-state index contributed by atoms with van der Waals surface area (Å²) < 4.78 is 5.27.